The van der Waals surface area contributed by atoms with Crippen LogP contribution in [0.4, 0.5) is 13.2 Å². The van der Waals surface area contributed by atoms with Gasteiger partial charge in [0.15, 0.2) is 11.5 Å². The van der Waals surface area contributed by atoms with Crippen LogP contribution in [-0.2, 0) is 24.1 Å². The van der Waals surface area contributed by atoms with Crippen LogP contribution in [0.5, 0.6) is 11.5 Å². The molecule has 0 saturated carbocycles. The van der Waals surface area contributed by atoms with E-state index in [0.29, 0.717) is 19.7 Å². The van der Waals surface area contributed by atoms with Gasteiger partial charge in [-0.1, -0.05) is 23.7 Å². The molecule has 1 aliphatic carbocycles. The zero-order valence-electron chi connectivity index (χ0n) is 24.4. The molecule has 46 heavy (non-hydrogen) atoms. The molecular formula is C32H31ClF3IN2O7. The number of hydrogen-bond donors (Lipinski definition) is 4. The van der Waals surface area contributed by atoms with Crippen molar-refractivity contribution in [2.75, 3.05) is 20.3 Å². The lowest BCUT2D eigenvalue weighted by molar-refractivity contribution is -0.137. The standard InChI is InChI=1S/C32H31ClF3IN2O7/c1-45-27-13-19(17-41)12-24(37)29(27)46-26-15-21(30(43)38-10-11-40)14-25(28(26)42)39(16-18-2-8-23(33)9-3-18)31(44)20-4-6-22(7-5-20)32(34,35)36/h2-9,12-13,15,25-26,28,40-42H,10-11,14,16-17H2,1H3,(H,38,43). The number of halogens is 5. The Bertz CT molecular complexity index is 1570. The first kappa shape index (κ1) is 35.5. The van der Waals surface area contributed by atoms with Crippen LogP contribution in [-0.4, -0.2) is 70.5 Å². The Morgan fingerprint density at radius 3 is 2.33 bits per heavy atom. The second-order valence-corrected chi connectivity index (χ2v) is 12.0. The van der Waals surface area contributed by atoms with Crippen LogP contribution in [0.2, 0.25) is 5.02 Å². The highest BCUT2D eigenvalue weighted by molar-refractivity contribution is 14.1. The molecule has 0 saturated heterocycles. The van der Waals surface area contributed by atoms with Gasteiger partial charge in [-0.15, -0.1) is 0 Å². The van der Waals surface area contributed by atoms with Crippen LogP contribution < -0.4 is 14.8 Å². The first-order chi connectivity index (χ1) is 21.9. The third-order valence-corrected chi connectivity index (χ3v) is 8.38. The van der Waals surface area contributed by atoms with E-state index in [0.717, 1.165) is 24.3 Å². The van der Waals surface area contributed by atoms with Gasteiger partial charge in [0.05, 0.1) is 35.5 Å². The van der Waals surface area contributed by atoms with Crippen molar-refractivity contribution in [1.29, 1.82) is 0 Å². The van der Waals surface area contributed by atoms with E-state index in [4.69, 9.17) is 21.1 Å². The topological polar surface area (TPSA) is 129 Å². The van der Waals surface area contributed by atoms with Crippen molar-refractivity contribution in [1.82, 2.24) is 10.2 Å². The summed E-state index contributed by atoms with van der Waals surface area (Å²) in [5.74, 6) is -0.785. The van der Waals surface area contributed by atoms with Crippen LogP contribution in [0.3, 0.4) is 0 Å². The van der Waals surface area contributed by atoms with Gasteiger partial charge in [-0.05, 0) is 88.3 Å². The van der Waals surface area contributed by atoms with Crippen molar-refractivity contribution in [3.8, 4) is 11.5 Å². The van der Waals surface area contributed by atoms with Crippen molar-refractivity contribution in [3.05, 3.63) is 103 Å². The van der Waals surface area contributed by atoms with Gasteiger partial charge in [-0.3, -0.25) is 9.59 Å². The second kappa shape index (κ2) is 15.5. The summed E-state index contributed by atoms with van der Waals surface area (Å²) in [6, 6.07) is 12.4. The minimum atomic E-state index is -4.61. The number of methoxy groups -OCH3 is 1. The fourth-order valence-electron chi connectivity index (χ4n) is 4.99. The number of nitrogens with one attached hydrogen (secondary N) is 1. The molecule has 3 atom stereocenters. The average Bonchev–Trinajstić information content (AvgIpc) is 3.04. The van der Waals surface area contributed by atoms with Gasteiger partial charge in [0.1, 0.15) is 12.2 Å². The van der Waals surface area contributed by atoms with Crippen molar-refractivity contribution in [2.45, 2.75) is 44.0 Å². The zero-order valence-corrected chi connectivity index (χ0v) is 27.3. The van der Waals surface area contributed by atoms with Gasteiger partial charge in [-0.25, -0.2) is 0 Å². The van der Waals surface area contributed by atoms with Crippen LogP contribution in [0, 0.1) is 3.57 Å². The summed E-state index contributed by atoms with van der Waals surface area (Å²) in [6.45, 7) is -0.737. The molecule has 3 aromatic rings. The molecule has 0 heterocycles. The van der Waals surface area contributed by atoms with Crippen LogP contribution in [0.1, 0.15) is 33.5 Å². The number of amides is 2. The molecule has 246 valence electrons. The summed E-state index contributed by atoms with van der Waals surface area (Å²) in [5, 5.41) is 33.7. The summed E-state index contributed by atoms with van der Waals surface area (Å²) in [5.41, 5.74) is 0.304. The first-order valence-electron chi connectivity index (χ1n) is 14.0. The van der Waals surface area contributed by atoms with E-state index in [9.17, 15) is 38.1 Å². The maximum absolute atomic E-state index is 14.0. The van der Waals surface area contributed by atoms with E-state index in [-0.39, 0.29) is 55.4 Å². The number of benzene rings is 3. The number of ether oxygens (including phenoxy) is 2. The number of rotatable bonds is 11. The summed E-state index contributed by atoms with van der Waals surface area (Å²) < 4.78 is 52.0. The number of carbonyl (C=O) groups is 2. The largest absolute Gasteiger partial charge is 0.493 e. The van der Waals surface area contributed by atoms with Crippen LogP contribution in [0.15, 0.2) is 72.3 Å². The molecule has 3 unspecified atom stereocenters. The molecule has 0 aliphatic heterocycles. The SMILES string of the molecule is COc1cc(CO)cc(I)c1OC1C=C(C(=O)NCCO)CC(N(Cc2ccc(Cl)cc2)C(=O)c2ccc(C(F)(F)F)cc2)C1O. The highest BCUT2D eigenvalue weighted by Crippen LogP contribution is 2.38. The second-order valence-electron chi connectivity index (χ2n) is 10.4. The minimum Gasteiger partial charge on any atom is -0.493 e. The number of hydrogen-bond acceptors (Lipinski definition) is 7. The first-order valence-corrected chi connectivity index (χ1v) is 15.5. The van der Waals surface area contributed by atoms with E-state index in [1.165, 1.54) is 18.1 Å². The molecule has 14 heteroatoms. The Kier molecular flexibility index (Phi) is 11.9. The Hall–Kier alpha value is -3.37. The molecule has 0 radical (unpaired) electrons. The summed E-state index contributed by atoms with van der Waals surface area (Å²) >= 11 is 8.04. The van der Waals surface area contributed by atoms with Gasteiger partial charge < -0.3 is 35.0 Å². The van der Waals surface area contributed by atoms with Crippen LogP contribution >= 0.6 is 34.2 Å². The lowest BCUT2D eigenvalue weighted by Crippen LogP contribution is -2.54. The molecule has 4 N–H and O–H groups in total. The molecule has 0 aromatic heterocycles. The monoisotopic (exact) mass is 774 g/mol. The fraction of sp³-hybridized carbons (Fsp3) is 0.312. The summed E-state index contributed by atoms with van der Waals surface area (Å²) in [4.78, 5) is 28.5. The minimum absolute atomic E-state index is 0.0533. The van der Waals surface area contributed by atoms with E-state index in [1.807, 2.05) is 22.6 Å². The van der Waals surface area contributed by atoms with Crippen molar-refractivity contribution in [3.63, 3.8) is 0 Å². The third kappa shape index (κ3) is 8.50. The fourth-order valence-corrected chi connectivity index (χ4v) is 5.91. The number of aliphatic hydroxyl groups excluding tert-OH is 3. The normalized spacial score (nSPS) is 18.0. The van der Waals surface area contributed by atoms with Crippen molar-refractivity contribution in [2.24, 2.45) is 0 Å². The zero-order chi connectivity index (χ0) is 33.6. The highest BCUT2D eigenvalue weighted by Gasteiger charge is 2.41. The Balaban J connectivity index is 1.78. The van der Waals surface area contributed by atoms with Gasteiger partial charge in [-0.2, -0.15) is 13.2 Å². The molecule has 3 aromatic carbocycles. The molecule has 2 amide bonds. The van der Waals surface area contributed by atoms with E-state index in [1.54, 1.807) is 36.4 Å². The summed E-state index contributed by atoms with van der Waals surface area (Å²) in [6.07, 6.45) is -5.96. The molecule has 0 spiro atoms. The number of nitrogens with zero attached hydrogens (tertiary/aromatic N) is 1. The number of carbonyl (C=O) groups excluding carboxylic acids is 2. The molecule has 0 bridgehead atoms. The summed E-state index contributed by atoms with van der Waals surface area (Å²) in [7, 11) is 1.40. The number of alkyl halides is 3. The average molecular weight is 775 g/mol. The highest BCUT2D eigenvalue weighted by atomic mass is 127. The number of aliphatic hydroxyl groups is 3. The quantitative estimate of drug-likeness (QED) is 0.208. The smallest absolute Gasteiger partial charge is 0.416 e. The molecule has 0 fully saturated rings. The van der Waals surface area contributed by atoms with Gasteiger partial charge in [0.2, 0.25) is 5.91 Å². The third-order valence-electron chi connectivity index (χ3n) is 7.33. The molecule has 4 rings (SSSR count). The van der Waals surface area contributed by atoms with E-state index < -0.39 is 41.8 Å². The Morgan fingerprint density at radius 1 is 1.07 bits per heavy atom. The Morgan fingerprint density at radius 2 is 1.74 bits per heavy atom. The maximum Gasteiger partial charge on any atom is 0.416 e. The van der Waals surface area contributed by atoms with E-state index in [2.05, 4.69) is 5.32 Å². The molecular weight excluding hydrogens is 744 g/mol. The maximum atomic E-state index is 14.0. The van der Waals surface area contributed by atoms with Crippen molar-refractivity contribution < 1.29 is 47.6 Å². The van der Waals surface area contributed by atoms with Gasteiger partial charge in [0, 0.05) is 35.7 Å². The lowest BCUT2D eigenvalue weighted by Gasteiger charge is -2.40. The van der Waals surface area contributed by atoms with Crippen molar-refractivity contribution >= 4 is 46.0 Å². The molecule has 1 aliphatic rings. The van der Waals surface area contributed by atoms with Gasteiger partial charge >= 0.3 is 6.18 Å². The lowest BCUT2D eigenvalue weighted by atomic mass is 9.87. The van der Waals surface area contributed by atoms with Crippen LogP contribution in [0.25, 0.3) is 0 Å². The predicted octanol–water partition coefficient (Wildman–Crippen LogP) is 4.72. The molecule has 9 nitrogen and oxygen atoms in total. The van der Waals surface area contributed by atoms with E-state index >= 15 is 0 Å². The predicted molar refractivity (Wildman–Crippen MR) is 171 cm³/mol. The van der Waals surface area contributed by atoms with Gasteiger partial charge in [0.25, 0.3) is 5.91 Å². The Labute approximate surface area is 281 Å².